The summed E-state index contributed by atoms with van der Waals surface area (Å²) in [5, 5.41) is 6.02. The van der Waals surface area contributed by atoms with Crippen LogP contribution in [0.2, 0.25) is 0 Å². The summed E-state index contributed by atoms with van der Waals surface area (Å²) >= 11 is 1.64. The van der Waals surface area contributed by atoms with Gasteiger partial charge in [-0.05, 0) is 31.0 Å². The minimum Gasteiger partial charge on any atom is -0.354 e. The van der Waals surface area contributed by atoms with Gasteiger partial charge in [0.15, 0.2) is 0 Å². The van der Waals surface area contributed by atoms with Crippen LogP contribution >= 0.6 is 11.3 Å². The highest BCUT2D eigenvalue weighted by atomic mass is 32.1. The van der Waals surface area contributed by atoms with Gasteiger partial charge in [0.05, 0.1) is 21.7 Å². The fourth-order valence-corrected chi connectivity index (χ4v) is 4.02. The third-order valence-corrected chi connectivity index (χ3v) is 5.73. The molecule has 0 spiro atoms. The van der Waals surface area contributed by atoms with Gasteiger partial charge < -0.3 is 5.32 Å². The quantitative estimate of drug-likeness (QED) is 0.535. The van der Waals surface area contributed by atoms with Crippen molar-refractivity contribution in [3.05, 3.63) is 75.0 Å². The monoisotopic (exact) mass is 406 g/mol. The van der Waals surface area contributed by atoms with E-state index in [0.29, 0.717) is 6.54 Å². The van der Waals surface area contributed by atoms with Crippen LogP contribution in [0.15, 0.2) is 58.7 Å². The highest BCUT2D eigenvalue weighted by Gasteiger charge is 2.12. The Morgan fingerprint density at radius 2 is 1.83 bits per heavy atom. The number of imidazole rings is 1. The highest BCUT2D eigenvalue weighted by molar-refractivity contribution is 7.09. The van der Waals surface area contributed by atoms with Crippen molar-refractivity contribution in [3.63, 3.8) is 0 Å². The number of thiazole rings is 1. The Kier molecular flexibility index (Phi) is 5.31. The van der Waals surface area contributed by atoms with Crippen molar-refractivity contribution in [1.29, 1.82) is 0 Å². The molecular formula is C22H22N4O2S. The van der Waals surface area contributed by atoms with E-state index in [0.717, 1.165) is 39.3 Å². The van der Waals surface area contributed by atoms with E-state index in [9.17, 15) is 9.59 Å². The van der Waals surface area contributed by atoms with Gasteiger partial charge in [-0.3, -0.25) is 13.9 Å². The first kappa shape index (κ1) is 19.1. The number of para-hydroxylation sites is 2. The fourth-order valence-electron chi connectivity index (χ4n) is 3.40. The summed E-state index contributed by atoms with van der Waals surface area (Å²) < 4.78 is 3.07. The number of nitrogens with one attached hydrogen (secondary N) is 1. The first-order valence-electron chi connectivity index (χ1n) is 9.45. The molecule has 4 aromatic rings. The molecule has 2 aromatic carbocycles. The summed E-state index contributed by atoms with van der Waals surface area (Å²) in [7, 11) is 1.72. The van der Waals surface area contributed by atoms with Crippen molar-refractivity contribution in [1.82, 2.24) is 19.4 Å². The number of fused-ring (bicyclic) bond motifs is 1. The molecule has 0 radical (unpaired) electrons. The molecule has 0 saturated heterocycles. The molecule has 2 aromatic heterocycles. The molecule has 1 N–H and O–H groups in total. The Bertz CT molecular complexity index is 1220. The average Bonchev–Trinajstić information content (AvgIpc) is 3.26. The van der Waals surface area contributed by atoms with Crippen molar-refractivity contribution >= 4 is 28.3 Å². The van der Waals surface area contributed by atoms with Crippen LogP contribution in [0.3, 0.4) is 0 Å². The lowest BCUT2D eigenvalue weighted by Gasteiger charge is -2.07. The Labute approximate surface area is 172 Å². The molecule has 0 atom stereocenters. The second-order valence-corrected chi connectivity index (χ2v) is 8.03. The summed E-state index contributed by atoms with van der Waals surface area (Å²) in [5.74, 6) is -0.168. The fraction of sp³-hybridized carbons (Fsp3) is 0.227. The Hall–Kier alpha value is -3.19. The smallest absolute Gasteiger partial charge is 0.329 e. The maximum atomic E-state index is 12.4. The summed E-state index contributed by atoms with van der Waals surface area (Å²) in [4.78, 5) is 29.3. The predicted molar refractivity (Wildman–Crippen MR) is 116 cm³/mol. The summed E-state index contributed by atoms with van der Waals surface area (Å²) in [5.41, 5.74) is 4.63. The van der Waals surface area contributed by atoms with Crippen LogP contribution in [0.25, 0.3) is 22.3 Å². The Morgan fingerprint density at radius 1 is 1.10 bits per heavy atom. The molecular weight excluding hydrogens is 384 g/mol. The number of hydrogen-bond donors (Lipinski definition) is 1. The van der Waals surface area contributed by atoms with Crippen molar-refractivity contribution in [3.8, 4) is 11.3 Å². The predicted octanol–water partition coefficient (Wildman–Crippen LogP) is 3.13. The largest absolute Gasteiger partial charge is 0.354 e. The third kappa shape index (κ3) is 4.00. The lowest BCUT2D eigenvalue weighted by atomic mass is 10.1. The number of carbonyl (C=O) groups excluding carboxylic acids is 1. The zero-order valence-electron chi connectivity index (χ0n) is 16.4. The number of aryl methyl sites for hydroxylation is 2. The van der Waals surface area contributed by atoms with E-state index < -0.39 is 0 Å². The zero-order chi connectivity index (χ0) is 20.4. The summed E-state index contributed by atoms with van der Waals surface area (Å²) in [6.07, 6.45) is 0.729. The molecule has 148 valence electrons. The minimum atomic E-state index is -0.186. The zero-order valence-corrected chi connectivity index (χ0v) is 17.2. The van der Waals surface area contributed by atoms with E-state index in [1.54, 1.807) is 23.0 Å². The number of carbonyl (C=O) groups is 1. The SMILES string of the molecule is Cc1nc(-c2ccc(CCNC(=O)Cn3c(=O)n(C)c4ccccc43)cc2)cs1. The third-order valence-electron chi connectivity index (χ3n) is 4.96. The molecule has 0 saturated carbocycles. The number of nitrogens with zero attached hydrogens (tertiary/aromatic N) is 3. The van der Waals surface area contributed by atoms with Crippen LogP contribution in [0.4, 0.5) is 0 Å². The van der Waals surface area contributed by atoms with Gasteiger partial charge in [0.2, 0.25) is 5.91 Å². The topological polar surface area (TPSA) is 68.9 Å². The molecule has 0 aliphatic carbocycles. The van der Waals surface area contributed by atoms with Gasteiger partial charge in [-0.1, -0.05) is 36.4 Å². The van der Waals surface area contributed by atoms with Crippen LogP contribution in [0.5, 0.6) is 0 Å². The maximum absolute atomic E-state index is 12.4. The van der Waals surface area contributed by atoms with E-state index in [-0.39, 0.29) is 18.1 Å². The van der Waals surface area contributed by atoms with Gasteiger partial charge in [0.1, 0.15) is 6.54 Å². The van der Waals surface area contributed by atoms with Crippen molar-refractivity contribution in [2.75, 3.05) is 6.54 Å². The summed E-state index contributed by atoms with van der Waals surface area (Å²) in [6.45, 7) is 2.54. The van der Waals surface area contributed by atoms with E-state index in [1.165, 1.54) is 4.57 Å². The highest BCUT2D eigenvalue weighted by Crippen LogP contribution is 2.21. The lowest BCUT2D eigenvalue weighted by molar-refractivity contribution is -0.121. The summed E-state index contributed by atoms with van der Waals surface area (Å²) in [6, 6.07) is 15.7. The molecule has 0 fully saturated rings. The van der Waals surface area contributed by atoms with E-state index in [2.05, 4.69) is 39.9 Å². The standard InChI is InChI=1S/C22H22N4O2S/c1-15-24-18(14-29-15)17-9-7-16(8-10-17)11-12-23-21(27)13-26-20-6-4-3-5-19(20)25(2)22(26)28/h3-10,14H,11-13H2,1-2H3,(H,23,27). The number of aromatic nitrogens is 3. The first-order chi connectivity index (χ1) is 14.0. The number of benzene rings is 2. The molecule has 4 rings (SSSR count). The van der Waals surface area contributed by atoms with Gasteiger partial charge in [-0.2, -0.15) is 0 Å². The van der Waals surface area contributed by atoms with Crippen molar-refractivity contribution in [2.45, 2.75) is 19.9 Å². The second kappa shape index (κ2) is 8.05. The average molecular weight is 407 g/mol. The van der Waals surface area contributed by atoms with Crippen molar-refractivity contribution in [2.24, 2.45) is 7.05 Å². The molecule has 29 heavy (non-hydrogen) atoms. The number of amides is 1. The van der Waals surface area contributed by atoms with Crippen LogP contribution in [0, 0.1) is 6.92 Å². The van der Waals surface area contributed by atoms with Crippen LogP contribution in [0.1, 0.15) is 10.6 Å². The van der Waals surface area contributed by atoms with Gasteiger partial charge in [0.25, 0.3) is 0 Å². The Balaban J connectivity index is 1.35. The molecule has 0 bridgehead atoms. The van der Waals surface area contributed by atoms with E-state index in [4.69, 9.17) is 0 Å². The minimum absolute atomic E-state index is 0.0162. The molecule has 1 amide bonds. The van der Waals surface area contributed by atoms with E-state index in [1.807, 2.05) is 31.2 Å². The molecule has 6 nitrogen and oxygen atoms in total. The number of hydrogen-bond acceptors (Lipinski definition) is 4. The molecule has 0 unspecified atom stereocenters. The molecule has 0 aliphatic heterocycles. The van der Waals surface area contributed by atoms with Gasteiger partial charge in [-0.25, -0.2) is 9.78 Å². The molecule has 0 aliphatic rings. The lowest BCUT2D eigenvalue weighted by Crippen LogP contribution is -2.33. The first-order valence-corrected chi connectivity index (χ1v) is 10.3. The number of rotatable bonds is 6. The normalized spacial score (nSPS) is 11.1. The van der Waals surface area contributed by atoms with Crippen LogP contribution in [-0.4, -0.2) is 26.6 Å². The second-order valence-electron chi connectivity index (χ2n) is 6.97. The van der Waals surface area contributed by atoms with Crippen LogP contribution < -0.4 is 11.0 Å². The maximum Gasteiger partial charge on any atom is 0.329 e. The van der Waals surface area contributed by atoms with Gasteiger partial charge in [-0.15, -0.1) is 11.3 Å². The molecule has 2 heterocycles. The Morgan fingerprint density at radius 3 is 2.52 bits per heavy atom. The van der Waals surface area contributed by atoms with Gasteiger partial charge >= 0.3 is 5.69 Å². The molecule has 7 heteroatoms. The van der Waals surface area contributed by atoms with Crippen molar-refractivity contribution < 1.29 is 4.79 Å². The van der Waals surface area contributed by atoms with Gasteiger partial charge in [0, 0.05) is 24.5 Å². The van der Waals surface area contributed by atoms with E-state index >= 15 is 0 Å². The van der Waals surface area contributed by atoms with Crippen LogP contribution in [-0.2, 0) is 24.8 Å².